The molecule has 9 heteroatoms. The molecule has 34 heavy (non-hydrogen) atoms. The van der Waals surface area contributed by atoms with E-state index in [-0.39, 0.29) is 23.7 Å². The molecule has 3 aliphatic rings. The highest BCUT2D eigenvalue weighted by atomic mass is 16.5. The van der Waals surface area contributed by atoms with E-state index in [2.05, 4.69) is 40.1 Å². The van der Waals surface area contributed by atoms with Crippen LogP contribution >= 0.6 is 0 Å². The zero-order chi connectivity index (χ0) is 24.0. The summed E-state index contributed by atoms with van der Waals surface area (Å²) in [5.74, 6) is 1.34. The van der Waals surface area contributed by atoms with Gasteiger partial charge in [-0.3, -0.25) is 0 Å². The van der Waals surface area contributed by atoms with E-state index in [0.717, 1.165) is 73.3 Å². The van der Waals surface area contributed by atoms with Crippen LogP contribution in [0.1, 0.15) is 57.1 Å². The molecule has 9 nitrogen and oxygen atoms in total. The van der Waals surface area contributed by atoms with Gasteiger partial charge in [-0.2, -0.15) is 0 Å². The molecule has 2 aromatic rings. The fourth-order valence-electron chi connectivity index (χ4n) is 5.88. The summed E-state index contributed by atoms with van der Waals surface area (Å²) in [5.41, 5.74) is 11.1. The van der Waals surface area contributed by atoms with E-state index in [1.807, 2.05) is 6.07 Å². The molecule has 5 N–H and O–H groups in total. The van der Waals surface area contributed by atoms with Crippen LogP contribution in [0.4, 0.5) is 16.3 Å². The topological polar surface area (TPSA) is 134 Å². The maximum atomic E-state index is 11.0. The monoisotopic (exact) mass is 467 g/mol. The Bertz CT molecular complexity index is 1100. The van der Waals surface area contributed by atoms with Crippen molar-refractivity contribution in [2.75, 3.05) is 23.7 Å². The molecule has 0 radical (unpaired) electrons. The highest BCUT2D eigenvalue weighted by molar-refractivity contribution is 5.83. The fraction of sp³-hybridized carbons (Fsp3) is 0.560. The molecule has 1 aromatic heterocycles. The molecule has 1 aromatic carbocycles. The van der Waals surface area contributed by atoms with E-state index in [1.54, 1.807) is 0 Å². The third-order valence-corrected chi connectivity index (χ3v) is 7.45. The van der Waals surface area contributed by atoms with Crippen LogP contribution in [0.15, 0.2) is 18.5 Å². The van der Waals surface area contributed by atoms with Gasteiger partial charge in [0.1, 0.15) is 17.9 Å². The quantitative estimate of drug-likeness (QED) is 0.539. The zero-order valence-electron chi connectivity index (χ0n) is 19.8. The van der Waals surface area contributed by atoms with Gasteiger partial charge in [-0.1, -0.05) is 13.8 Å². The molecule has 5 rings (SSSR count). The number of benzene rings is 1. The number of amides is 1. The van der Waals surface area contributed by atoms with Crippen molar-refractivity contribution >= 4 is 17.6 Å². The number of carbonyl (C=O) groups is 1. The van der Waals surface area contributed by atoms with Crippen LogP contribution in [0.25, 0.3) is 11.3 Å². The minimum Gasteiger partial charge on any atom is -0.488 e. The van der Waals surface area contributed by atoms with Crippen molar-refractivity contribution in [3.63, 3.8) is 0 Å². The summed E-state index contributed by atoms with van der Waals surface area (Å²) in [6.07, 6.45) is 4.82. The molecule has 2 heterocycles. The zero-order valence-corrected chi connectivity index (χ0v) is 19.8. The molecule has 1 unspecified atom stereocenters. The number of aliphatic hydroxyl groups is 1. The predicted octanol–water partition coefficient (Wildman–Crippen LogP) is 3.09. The minimum absolute atomic E-state index is 0.0171. The molecule has 1 saturated carbocycles. The highest BCUT2D eigenvalue weighted by Gasteiger charge is 2.38. The van der Waals surface area contributed by atoms with Crippen LogP contribution in [-0.4, -0.2) is 57.6 Å². The smallest absolute Gasteiger partial charge is 0.404 e. The first-order chi connectivity index (χ1) is 16.2. The SMILES string of the molecule is CC1(C)Cc2c(ccc(O[C@H]3CC[C@H](NC(=O)O)CC3)c2N2CCC(O)C2)-c2ncnc(N)c21. The summed E-state index contributed by atoms with van der Waals surface area (Å²) < 4.78 is 6.58. The van der Waals surface area contributed by atoms with Crippen molar-refractivity contribution in [1.29, 1.82) is 0 Å². The Labute approximate surface area is 199 Å². The lowest BCUT2D eigenvalue weighted by Gasteiger charge is -2.37. The third-order valence-electron chi connectivity index (χ3n) is 7.45. The molecule has 1 aliphatic heterocycles. The van der Waals surface area contributed by atoms with Gasteiger partial charge in [0.2, 0.25) is 0 Å². The first-order valence-corrected chi connectivity index (χ1v) is 12.1. The van der Waals surface area contributed by atoms with Gasteiger partial charge in [0.25, 0.3) is 0 Å². The second-order valence-electron chi connectivity index (χ2n) is 10.4. The number of nitrogens with one attached hydrogen (secondary N) is 1. The average Bonchev–Trinajstić information content (AvgIpc) is 3.20. The Morgan fingerprint density at radius 2 is 1.97 bits per heavy atom. The predicted molar refractivity (Wildman–Crippen MR) is 129 cm³/mol. The van der Waals surface area contributed by atoms with Gasteiger partial charge in [0.15, 0.2) is 0 Å². The number of aliphatic hydroxyl groups excluding tert-OH is 1. The number of fused-ring (bicyclic) bond motifs is 3. The Hall–Kier alpha value is -3.07. The van der Waals surface area contributed by atoms with Crippen molar-refractivity contribution in [2.45, 2.75) is 76.0 Å². The number of ether oxygens (including phenoxy) is 1. The summed E-state index contributed by atoms with van der Waals surface area (Å²) in [5, 5.41) is 21.9. The van der Waals surface area contributed by atoms with E-state index in [4.69, 9.17) is 15.6 Å². The van der Waals surface area contributed by atoms with Crippen LogP contribution in [0.5, 0.6) is 5.75 Å². The second-order valence-corrected chi connectivity index (χ2v) is 10.4. The number of hydrogen-bond acceptors (Lipinski definition) is 7. The van der Waals surface area contributed by atoms with Gasteiger partial charge in [-0.25, -0.2) is 14.8 Å². The first kappa shape index (κ1) is 22.7. The summed E-state index contributed by atoms with van der Waals surface area (Å²) >= 11 is 0. The molecule has 1 atom stereocenters. The van der Waals surface area contributed by atoms with Crippen LogP contribution in [0.3, 0.4) is 0 Å². The molecular weight excluding hydrogens is 434 g/mol. The molecule has 2 fully saturated rings. The highest BCUT2D eigenvalue weighted by Crippen LogP contribution is 2.50. The van der Waals surface area contributed by atoms with Crippen LogP contribution in [0, 0.1) is 0 Å². The van der Waals surface area contributed by atoms with E-state index >= 15 is 0 Å². The Morgan fingerprint density at radius 1 is 1.21 bits per heavy atom. The maximum Gasteiger partial charge on any atom is 0.404 e. The van der Waals surface area contributed by atoms with Gasteiger partial charge >= 0.3 is 6.09 Å². The molecule has 0 spiro atoms. The lowest BCUT2D eigenvalue weighted by molar-refractivity contribution is 0.134. The number of anilines is 2. The lowest BCUT2D eigenvalue weighted by Crippen LogP contribution is -2.39. The van der Waals surface area contributed by atoms with Crippen LogP contribution in [-0.2, 0) is 11.8 Å². The number of nitrogens with two attached hydrogens (primary N) is 1. The number of hydrogen-bond donors (Lipinski definition) is 4. The van der Waals surface area contributed by atoms with Gasteiger partial charge in [0.05, 0.1) is 23.6 Å². The number of aromatic nitrogens is 2. The molecule has 0 bridgehead atoms. The van der Waals surface area contributed by atoms with Crippen LogP contribution < -0.4 is 20.7 Å². The summed E-state index contributed by atoms with van der Waals surface area (Å²) in [7, 11) is 0. The van der Waals surface area contributed by atoms with Crippen molar-refractivity contribution in [3.8, 4) is 17.0 Å². The molecule has 2 aliphatic carbocycles. The average molecular weight is 468 g/mol. The lowest BCUT2D eigenvalue weighted by atomic mass is 9.71. The van der Waals surface area contributed by atoms with Crippen molar-refractivity contribution in [1.82, 2.24) is 15.3 Å². The standard InChI is InChI=1S/C25H33N5O4/c1-25(2)11-18-17(21-20(25)23(26)28-13-27-21)7-8-19(22(18)30-10-9-15(31)12-30)34-16-5-3-14(4-6-16)29-24(32)33/h7-8,13-16,29,31H,3-6,9-12H2,1-2H3,(H,32,33)(H2,26,27,28)/t14-,15?,16-. The van der Waals surface area contributed by atoms with Crippen molar-refractivity contribution < 1.29 is 19.7 Å². The summed E-state index contributed by atoms with van der Waals surface area (Å²) in [6, 6.07) is 4.07. The first-order valence-electron chi connectivity index (χ1n) is 12.1. The maximum absolute atomic E-state index is 11.0. The number of rotatable bonds is 4. The molecule has 1 saturated heterocycles. The van der Waals surface area contributed by atoms with Gasteiger partial charge in [-0.05, 0) is 61.6 Å². The fourth-order valence-corrected chi connectivity index (χ4v) is 5.88. The Balaban J connectivity index is 1.51. The van der Waals surface area contributed by atoms with Gasteiger partial charge < -0.3 is 30.9 Å². The van der Waals surface area contributed by atoms with Gasteiger partial charge in [0, 0.05) is 30.3 Å². The number of nitrogen functional groups attached to an aromatic ring is 1. The number of carboxylic acid groups (broad SMARTS) is 1. The van der Waals surface area contributed by atoms with E-state index in [0.29, 0.717) is 12.4 Å². The Morgan fingerprint density at radius 3 is 2.65 bits per heavy atom. The molecule has 1 amide bonds. The second kappa shape index (κ2) is 8.61. The van der Waals surface area contributed by atoms with E-state index in [1.165, 1.54) is 11.9 Å². The number of β-amino-alcohol motifs (C(OH)–C–C–N with tert-alkyl or cyclic N) is 1. The van der Waals surface area contributed by atoms with E-state index < -0.39 is 6.09 Å². The molecular formula is C25H33N5O4. The van der Waals surface area contributed by atoms with Gasteiger partial charge in [-0.15, -0.1) is 0 Å². The third kappa shape index (κ3) is 4.13. The number of nitrogens with zero attached hydrogens (tertiary/aromatic N) is 3. The van der Waals surface area contributed by atoms with E-state index in [9.17, 15) is 9.90 Å². The van der Waals surface area contributed by atoms with Crippen LogP contribution in [0.2, 0.25) is 0 Å². The summed E-state index contributed by atoms with van der Waals surface area (Å²) in [6.45, 7) is 5.67. The van der Waals surface area contributed by atoms with Crippen molar-refractivity contribution in [2.24, 2.45) is 0 Å². The molecule has 182 valence electrons. The summed E-state index contributed by atoms with van der Waals surface area (Å²) in [4.78, 5) is 22.1. The largest absolute Gasteiger partial charge is 0.488 e. The Kier molecular flexibility index (Phi) is 5.75. The van der Waals surface area contributed by atoms with Crippen molar-refractivity contribution in [3.05, 3.63) is 29.6 Å². The normalized spacial score (nSPS) is 25.4. The minimum atomic E-state index is -0.971.